The van der Waals surface area contributed by atoms with Crippen LogP contribution in [-0.2, 0) is 26.7 Å². The molecule has 42 heavy (non-hydrogen) atoms. The number of fused-ring (bicyclic) bond motifs is 1. The number of amides is 1. The molecule has 220 valence electrons. The highest BCUT2D eigenvalue weighted by atomic mass is 32.2. The Morgan fingerprint density at radius 2 is 1.52 bits per heavy atom. The quantitative estimate of drug-likeness (QED) is 0.234. The minimum absolute atomic E-state index is 0.205. The molecule has 1 saturated carbocycles. The van der Waals surface area contributed by atoms with E-state index in [2.05, 4.69) is 14.6 Å². The maximum Gasteiger partial charge on any atom is 0.311 e. The van der Waals surface area contributed by atoms with Crippen molar-refractivity contribution in [2.45, 2.75) is 56.5 Å². The lowest BCUT2D eigenvalue weighted by molar-refractivity contribution is -0.149. The molecule has 3 N–H and O–H groups in total. The van der Waals surface area contributed by atoms with Crippen LogP contribution in [0.3, 0.4) is 0 Å². The lowest BCUT2D eigenvalue weighted by atomic mass is 9.79. The van der Waals surface area contributed by atoms with E-state index in [-0.39, 0.29) is 22.8 Å². The minimum atomic E-state index is -3.77. The van der Waals surface area contributed by atoms with Gasteiger partial charge in [-0.05, 0) is 74.9 Å². The number of carboxylic acids is 1. The summed E-state index contributed by atoms with van der Waals surface area (Å²) in [4.78, 5) is 25.5. The molecule has 0 spiro atoms. The number of nitrogens with zero attached hydrogens (tertiary/aromatic N) is 1. The highest BCUT2D eigenvalue weighted by Gasteiger charge is 2.40. The molecule has 0 bridgehead atoms. The van der Waals surface area contributed by atoms with Gasteiger partial charge in [0, 0.05) is 35.6 Å². The summed E-state index contributed by atoms with van der Waals surface area (Å²) in [6, 6.07) is 25.3. The number of benzene rings is 3. The van der Waals surface area contributed by atoms with Gasteiger partial charge in [-0.25, -0.2) is 13.1 Å². The van der Waals surface area contributed by atoms with Crippen LogP contribution in [0.2, 0.25) is 0 Å². The van der Waals surface area contributed by atoms with Crippen LogP contribution >= 0.6 is 0 Å². The second-order valence-corrected chi connectivity index (χ2v) is 13.4. The molecule has 8 nitrogen and oxygen atoms in total. The molecule has 1 aliphatic carbocycles. The fourth-order valence-corrected chi connectivity index (χ4v) is 7.19. The molecular formula is C33H37N3O5S. The van der Waals surface area contributed by atoms with Crippen LogP contribution in [0.25, 0.3) is 22.2 Å². The number of nitrogens with one attached hydrogen (secondary N) is 2. The lowest BCUT2D eigenvalue weighted by Crippen LogP contribution is -2.46. The summed E-state index contributed by atoms with van der Waals surface area (Å²) in [5.41, 5.74) is 2.52. The van der Waals surface area contributed by atoms with E-state index >= 15 is 0 Å². The molecule has 1 atom stereocenters. The normalized spacial score (nSPS) is 18.5. The molecule has 4 aromatic rings. The number of hydrogen-bond donors (Lipinski definition) is 3. The maximum absolute atomic E-state index is 13.3. The molecule has 0 saturated heterocycles. The van der Waals surface area contributed by atoms with Gasteiger partial charge in [0.05, 0.1) is 16.4 Å². The number of carbonyl (C=O) groups excluding carboxylic acids is 1. The highest BCUT2D eigenvalue weighted by Crippen LogP contribution is 2.35. The molecule has 5 rings (SSSR count). The Kier molecular flexibility index (Phi) is 8.25. The van der Waals surface area contributed by atoms with Crippen LogP contribution in [0, 0.1) is 11.3 Å². The Balaban J connectivity index is 1.24. The van der Waals surface area contributed by atoms with E-state index in [0.717, 1.165) is 27.7 Å². The molecule has 0 radical (unpaired) electrons. The van der Waals surface area contributed by atoms with Gasteiger partial charge in [-0.3, -0.25) is 9.59 Å². The Morgan fingerprint density at radius 3 is 2.14 bits per heavy atom. The number of rotatable bonds is 9. The van der Waals surface area contributed by atoms with E-state index in [1.54, 1.807) is 26.0 Å². The average Bonchev–Trinajstić information content (AvgIpc) is 3.32. The first-order valence-corrected chi connectivity index (χ1v) is 15.7. The standard InChI is InChI=1S/C33H37N3O5S/c1-33(2,32(38)39)30(23-12-8-5-9-13-23)34-31(37)24-14-16-26(17-15-24)35-42(40,41)27-18-19-28-25(20-27)21-29(36(28)3)22-10-6-4-7-11-22/h4-13,18-21,24,26,30,35H,14-17H2,1-3H3,(H,34,37)(H,38,39)/t24?,26?,30-/m0/s1. The lowest BCUT2D eigenvalue weighted by Gasteiger charge is -2.34. The van der Waals surface area contributed by atoms with Crippen molar-refractivity contribution in [2.24, 2.45) is 18.4 Å². The molecule has 1 amide bonds. The van der Waals surface area contributed by atoms with Crippen LogP contribution in [-0.4, -0.2) is 36.0 Å². The molecule has 0 unspecified atom stereocenters. The Labute approximate surface area is 246 Å². The number of sulfonamides is 1. The highest BCUT2D eigenvalue weighted by molar-refractivity contribution is 7.89. The predicted molar refractivity (Wildman–Crippen MR) is 163 cm³/mol. The summed E-state index contributed by atoms with van der Waals surface area (Å²) in [6.07, 6.45) is 2.04. The molecule has 3 aromatic carbocycles. The summed E-state index contributed by atoms with van der Waals surface area (Å²) >= 11 is 0. The van der Waals surface area contributed by atoms with Crippen LogP contribution in [0.15, 0.2) is 89.8 Å². The van der Waals surface area contributed by atoms with E-state index in [9.17, 15) is 23.1 Å². The van der Waals surface area contributed by atoms with E-state index in [0.29, 0.717) is 25.7 Å². The Hall–Kier alpha value is -3.95. The molecule has 1 heterocycles. The third kappa shape index (κ3) is 5.98. The summed E-state index contributed by atoms with van der Waals surface area (Å²) in [5.74, 6) is -1.53. The SMILES string of the molecule is Cn1c(-c2ccccc2)cc2cc(S(=O)(=O)NC3CCC(C(=O)N[C@@H](c4ccccc4)C(C)(C)C(=O)O)CC3)ccc21. The number of carboxylic acid groups (broad SMARTS) is 1. The first-order chi connectivity index (χ1) is 20.0. The first-order valence-electron chi connectivity index (χ1n) is 14.2. The molecule has 9 heteroatoms. The fraction of sp³-hybridized carbons (Fsp3) is 0.333. The summed E-state index contributed by atoms with van der Waals surface area (Å²) in [5, 5.41) is 13.7. The van der Waals surface area contributed by atoms with Gasteiger partial charge in [0.15, 0.2) is 0 Å². The van der Waals surface area contributed by atoms with Crippen molar-refractivity contribution in [2.75, 3.05) is 0 Å². The molecule has 1 aliphatic rings. The Morgan fingerprint density at radius 1 is 0.905 bits per heavy atom. The summed E-state index contributed by atoms with van der Waals surface area (Å²) in [7, 11) is -1.80. The smallest absolute Gasteiger partial charge is 0.311 e. The molecule has 1 fully saturated rings. The van der Waals surface area contributed by atoms with Crippen molar-refractivity contribution in [1.82, 2.24) is 14.6 Å². The van der Waals surface area contributed by atoms with E-state index in [1.807, 2.05) is 79.8 Å². The van der Waals surface area contributed by atoms with Gasteiger partial charge in [0.25, 0.3) is 0 Å². The second-order valence-electron chi connectivity index (χ2n) is 11.7. The topological polar surface area (TPSA) is 118 Å². The van der Waals surface area contributed by atoms with E-state index < -0.39 is 27.4 Å². The fourth-order valence-electron chi connectivity index (χ4n) is 5.85. The van der Waals surface area contributed by atoms with Gasteiger partial charge in [-0.1, -0.05) is 60.7 Å². The number of aromatic nitrogens is 1. The second kappa shape index (κ2) is 11.7. The number of carbonyl (C=O) groups is 2. The van der Waals surface area contributed by atoms with Crippen molar-refractivity contribution in [3.05, 3.63) is 90.5 Å². The van der Waals surface area contributed by atoms with Crippen molar-refractivity contribution < 1.29 is 23.1 Å². The average molecular weight is 588 g/mol. The van der Waals surface area contributed by atoms with Gasteiger partial charge in [-0.15, -0.1) is 0 Å². The van der Waals surface area contributed by atoms with Crippen molar-refractivity contribution in [3.8, 4) is 11.3 Å². The minimum Gasteiger partial charge on any atom is -0.481 e. The van der Waals surface area contributed by atoms with Crippen LogP contribution in [0.1, 0.15) is 51.1 Å². The zero-order chi connectivity index (χ0) is 30.1. The third-order valence-electron chi connectivity index (χ3n) is 8.51. The largest absolute Gasteiger partial charge is 0.481 e. The monoisotopic (exact) mass is 587 g/mol. The number of aliphatic carboxylic acids is 1. The van der Waals surface area contributed by atoms with Crippen molar-refractivity contribution >= 4 is 32.8 Å². The zero-order valence-corrected chi connectivity index (χ0v) is 24.9. The van der Waals surface area contributed by atoms with Crippen molar-refractivity contribution in [3.63, 3.8) is 0 Å². The van der Waals surface area contributed by atoms with E-state index in [4.69, 9.17) is 0 Å². The molecule has 1 aromatic heterocycles. The van der Waals surface area contributed by atoms with Crippen molar-refractivity contribution in [1.29, 1.82) is 0 Å². The van der Waals surface area contributed by atoms with Crippen LogP contribution < -0.4 is 10.0 Å². The third-order valence-corrected chi connectivity index (χ3v) is 10.0. The van der Waals surface area contributed by atoms with Crippen LogP contribution in [0.4, 0.5) is 0 Å². The predicted octanol–water partition coefficient (Wildman–Crippen LogP) is 5.65. The maximum atomic E-state index is 13.3. The number of aryl methyl sites for hydroxylation is 1. The van der Waals surface area contributed by atoms with Gasteiger partial charge in [0.2, 0.25) is 15.9 Å². The summed E-state index contributed by atoms with van der Waals surface area (Å²) < 4.78 is 31.6. The molecule has 0 aliphatic heterocycles. The molecular weight excluding hydrogens is 550 g/mol. The Bertz CT molecular complexity index is 1690. The van der Waals surface area contributed by atoms with Gasteiger partial charge >= 0.3 is 5.97 Å². The van der Waals surface area contributed by atoms with Gasteiger partial charge < -0.3 is 15.0 Å². The zero-order valence-electron chi connectivity index (χ0n) is 24.1. The van der Waals surface area contributed by atoms with E-state index in [1.165, 1.54) is 0 Å². The van der Waals surface area contributed by atoms with Gasteiger partial charge in [-0.2, -0.15) is 0 Å². The van der Waals surface area contributed by atoms with Gasteiger partial charge in [0.1, 0.15) is 0 Å². The summed E-state index contributed by atoms with van der Waals surface area (Å²) in [6.45, 7) is 3.21. The van der Waals surface area contributed by atoms with Crippen LogP contribution in [0.5, 0.6) is 0 Å². The first kappa shape index (κ1) is 29.5. The number of hydrogen-bond acceptors (Lipinski definition) is 4.